The monoisotopic (exact) mass is 463 g/mol. The molecule has 3 aliphatic rings. The van der Waals surface area contributed by atoms with E-state index in [1.807, 2.05) is 0 Å². The molecule has 2 aliphatic heterocycles. The maximum Gasteiger partial charge on any atom is 0.379 e. The highest BCUT2D eigenvalue weighted by atomic mass is 35.5. The first kappa shape index (κ1) is 24.5. The van der Waals surface area contributed by atoms with E-state index in [2.05, 4.69) is 31.7 Å². The van der Waals surface area contributed by atoms with E-state index < -0.39 is 6.68 Å². The lowest BCUT2D eigenvalue weighted by molar-refractivity contribution is -0.0971. The van der Waals surface area contributed by atoms with Gasteiger partial charge < -0.3 is 14.2 Å². The molecule has 8 heteroatoms. The minimum atomic E-state index is -3.67. The highest BCUT2D eigenvalue weighted by Crippen LogP contribution is 2.48. The number of rotatable bonds is 4. The number of hydrogen-bond donors (Lipinski definition) is 0. The van der Waals surface area contributed by atoms with Crippen LogP contribution in [0.15, 0.2) is 6.07 Å². The zero-order chi connectivity index (χ0) is 22.8. The number of halogens is 4. The van der Waals surface area contributed by atoms with Gasteiger partial charge in [-0.2, -0.15) is 13.2 Å². The number of benzene rings is 1. The SMILES string of the molecule is COc1cc2c(c(Cl)c1OC1CCC1)CCN1CC(OC(C)(C)C)CCC21.FC(F)F. The molecule has 176 valence electrons. The quantitative estimate of drug-likeness (QED) is 0.521. The van der Waals surface area contributed by atoms with Gasteiger partial charge in [-0.15, -0.1) is 0 Å². The van der Waals surface area contributed by atoms with Crippen LogP contribution in [-0.2, 0) is 11.2 Å². The largest absolute Gasteiger partial charge is 0.493 e. The Morgan fingerprint density at radius 1 is 1.10 bits per heavy atom. The van der Waals surface area contributed by atoms with Crippen molar-refractivity contribution in [2.24, 2.45) is 0 Å². The second kappa shape index (κ2) is 10.2. The molecule has 0 bridgehead atoms. The summed E-state index contributed by atoms with van der Waals surface area (Å²) in [6, 6.07) is 2.58. The molecule has 1 aromatic rings. The fraction of sp³-hybridized carbons (Fsp3) is 0.739. The minimum absolute atomic E-state index is 0.0918. The van der Waals surface area contributed by atoms with Crippen LogP contribution in [0.5, 0.6) is 11.5 Å². The van der Waals surface area contributed by atoms with Crippen molar-refractivity contribution in [2.75, 3.05) is 20.2 Å². The van der Waals surface area contributed by atoms with Crippen LogP contribution in [0.25, 0.3) is 0 Å². The smallest absolute Gasteiger partial charge is 0.379 e. The maximum absolute atomic E-state index is 9.67. The van der Waals surface area contributed by atoms with Crippen molar-refractivity contribution >= 4 is 11.6 Å². The number of nitrogens with zero attached hydrogens (tertiary/aromatic N) is 1. The molecular weight excluding hydrogens is 431 g/mol. The Morgan fingerprint density at radius 3 is 2.32 bits per heavy atom. The van der Waals surface area contributed by atoms with Gasteiger partial charge in [-0.3, -0.25) is 4.90 Å². The summed E-state index contributed by atoms with van der Waals surface area (Å²) < 4.78 is 47.1. The Hall–Kier alpha value is -1.18. The normalized spacial score (nSPS) is 23.9. The van der Waals surface area contributed by atoms with E-state index in [0.717, 1.165) is 61.7 Å². The average Bonchev–Trinajstić information content (AvgIpc) is 2.63. The molecule has 0 N–H and O–H groups in total. The second-order valence-electron chi connectivity index (χ2n) is 9.40. The first-order chi connectivity index (χ1) is 14.6. The highest BCUT2D eigenvalue weighted by Gasteiger charge is 2.37. The molecule has 0 radical (unpaired) electrons. The summed E-state index contributed by atoms with van der Waals surface area (Å²) in [5.74, 6) is 1.53. The van der Waals surface area contributed by atoms with Gasteiger partial charge in [0.2, 0.25) is 0 Å². The first-order valence-electron chi connectivity index (χ1n) is 11.0. The fourth-order valence-corrected chi connectivity index (χ4v) is 4.93. The standard InChI is InChI=1S/C22H32ClNO3.CHF3/c1-22(2,3)27-15-8-9-18-17-12-19(25-4)21(26-14-6-5-7-14)20(23)16(17)10-11-24(18)13-15;2-1(3)4/h12,14-15,18H,5-11,13H2,1-4H3;1H. The van der Waals surface area contributed by atoms with Gasteiger partial charge in [0.25, 0.3) is 0 Å². The lowest BCUT2D eigenvalue weighted by Crippen LogP contribution is -2.47. The molecule has 0 amide bonds. The predicted molar refractivity (Wildman–Crippen MR) is 115 cm³/mol. The van der Waals surface area contributed by atoms with Crippen LogP contribution in [0.1, 0.15) is 70.0 Å². The molecule has 2 heterocycles. The van der Waals surface area contributed by atoms with Crippen LogP contribution in [0, 0.1) is 0 Å². The van der Waals surface area contributed by atoms with Crippen molar-refractivity contribution in [3.05, 3.63) is 22.2 Å². The molecule has 0 aromatic heterocycles. The summed E-state index contributed by atoms with van der Waals surface area (Å²) in [5.41, 5.74) is 2.48. The summed E-state index contributed by atoms with van der Waals surface area (Å²) >= 11 is 6.83. The molecule has 2 fully saturated rings. The zero-order valence-electron chi connectivity index (χ0n) is 18.7. The van der Waals surface area contributed by atoms with Gasteiger partial charge in [0.15, 0.2) is 11.5 Å². The number of fused-ring (bicyclic) bond motifs is 3. The van der Waals surface area contributed by atoms with E-state index in [1.54, 1.807) is 7.11 Å². The lowest BCUT2D eigenvalue weighted by Gasteiger charge is -2.45. The molecule has 0 spiro atoms. The molecule has 1 aromatic carbocycles. The van der Waals surface area contributed by atoms with Crippen molar-refractivity contribution in [1.82, 2.24) is 4.90 Å². The maximum atomic E-state index is 9.67. The van der Waals surface area contributed by atoms with Crippen LogP contribution >= 0.6 is 11.6 Å². The summed E-state index contributed by atoms with van der Waals surface area (Å²) in [6.45, 7) is 4.76. The van der Waals surface area contributed by atoms with E-state index in [9.17, 15) is 13.2 Å². The summed E-state index contributed by atoms with van der Waals surface area (Å²) in [7, 11) is 1.71. The Kier molecular flexibility index (Phi) is 8.03. The number of alkyl halides is 3. The number of hydrogen-bond acceptors (Lipinski definition) is 4. The van der Waals surface area contributed by atoms with E-state index >= 15 is 0 Å². The third kappa shape index (κ3) is 6.20. The Labute approximate surface area is 188 Å². The molecule has 4 rings (SSSR count). The molecule has 2 unspecified atom stereocenters. The molecule has 1 aliphatic carbocycles. The van der Waals surface area contributed by atoms with Crippen LogP contribution in [0.2, 0.25) is 5.02 Å². The summed E-state index contributed by atoms with van der Waals surface area (Å²) in [4.78, 5) is 2.56. The van der Waals surface area contributed by atoms with Crippen molar-refractivity contribution < 1.29 is 27.4 Å². The van der Waals surface area contributed by atoms with Crippen LogP contribution in [0.3, 0.4) is 0 Å². The number of piperidine rings is 1. The van der Waals surface area contributed by atoms with Crippen molar-refractivity contribution in [2.45, 2.75) is 89.8 Å². The van der Waals surface area contributed by atoms with Gasteiger partial charge in [0, 0.05) is 19.1 Å². The first-order valence-corrected chi connectivity index (χ1v) is 11.4. The molecule has 2 atom stereocenters. The number of ether oxygens (including phenoxy) is 3. The molecule has 1 saturated carbocycles. The van der Waals surface area contributed by atoms with Gasteiger partial charge in [-0.05, 0) is 76.5 Å². The summed E-state index contributed by atoms with van der Waals surface area (Å²) in [6.07, 6.45) is 7.20. The zero-order valence-corrected chi connectivity index (χ0v) is 19.5. The van der Waals surface area contributed by atoms with Gasteiger partial charge >= 0.3 is 6.68 Å². The van der Waals surface area contributed by atoms with Gasteiger partial charge in [0.1, 0.15) is 0 Å². The van der Waals surface area contributed by atoms with E-state index in [-0.39, 0.29) is 5.60 Å². The topological polar surface area (TPSA) is 30.9 Å². The summed E-state index contributed by atoms with van der Waals surface area (Å²) in [5, 5.41) is 0.768. The Balaban J connectivity index is 0.000000628. The molecule has 31 heavy (non-hydrogen) atoms. The van der Waals surface area contributed by atoms with E-state index in [1.165, 1.54) is 17.5 Å². The average molecular weight is 464 g/mol. The van der Waals surface area contributed by atoms with Gasteiger partial charge in [-0.25, -0.2) is 0 Å². The van der Waals surface area contributed by atoms with Crippen LogP contribution in [-0.4, -0.2) is 49.6 Å². The molecule has 1 saturated heterocycles. The third-order valence-electron chi connectivity index (χ3n) is 6.05. The van der Waals surface area contributed by atoms with Gasteiger partial charge in [0.05, 0.1) is 29.9 Å². The highest BCUT2D eigenvalue weighted by molar-refractivity contribution is 6.33. The second-order valence-corrected chi connectivity index (χ2v) is 9.78. The van der Waals surface area contributed by atoms with Crippen molar-refractivity contribution in [1.29, 1.82) is 0 Å². The molecular formula is C23H33ClF3NO3. The molecule has 4 nitrogen and oxygen atoms in total. The lowest BCUT2D eigenvalue weighted by atomic mass is 9.85. The van der Waals surface area contributed by atoms with Crippen molar-refractivity contribution in [3.63, 3.8) is 0 Å². The predicted octanol–water partition coefficient (Wildman–Crippen LogP) is 6.34. The third-order valence-corrected chi connectivity index (χ3v) is 6.45. The van der Waals surface area contributed by atoms with E-state index in [0.29, 0.717) is 18.2 Å². The number of methoxy groups -OCH3 is 1. The van der Waals surface area contributed by atoms with Crippen molar-refractivity contribution in [3.8, 4) is 11.5 Å². The Bertz CT molecular complexity index is 750. The Morgan fingerprint density at radius 2 is 1.77 bits per heavy atom. The van der Waals surface area contributed by atoms with E-state index in [4.69, 9.17) is 25.8 Å². The van der Waals surface area contributed by atoms with Crippen LogP contribution in [0.4, 0.5) is 13.2 Å². The van der Waals surface area contributed by atoms with Crippen LogP contribution < -0.4 is 9.47 Å². The fourth-order valence-electron chi connectivity index (χ4n) is 4.59. The minimum Gasteiger partial charge on any atom is -0.493 e. The van der Waals surface area contributed by atoms with Gasteiger partial charge in [-0.1, -0.05) is 11.6 Å².